The quantitative estimate of drug-likeness (QED) is 0.0182. The lowest BCUT2D eigenvalue weighted by Crippen LogP contribution is -2.62. The summed E-state index contributed by atoms with van der Waals surface area (Å²) in [6.45, 7) is 0.496. The van der Waals surface area contributed by atoms with Gasteiger partial charge < -0.3 is 102 Å². The molecule has 4 aliphatic rings. The molecule has 1 aromatic heterocycles. The number of likely N-dealkylation sites (tertiary alicyclic amines) is 3. The average Bonchev–Trinajstić information content (AvgIpc) is 1.33. The van der Waals surface area contributed by atoms with E-state index in [0.29, 0.717) is 42.5 Å². The first-order chi connectivity index (χ1) is 43.9. The van der Waals surface area contributed by atoms with E-state index in [9.17, 15) is 58.5 Å². The third-order valence-electron chi connectivity index (χ3n) is 16.7. The molecule has 3 fully saturated rings. The molecule has 1 aromatic carbocycles. The maximum absolute atomic E-state index is 15.3. The predicted octanol–water partition coefficient (Wildman–Crippen LogP) is -4.63. The fraction of sp³-hybridized carbons (Fsp3) is 0.610. The van der Waals surface area contributed by atoms with Gasteiger partial charge in [0.05, 0.1) is 25.3 Å². The van der Waals surface area contributed by atoms with Crippen molar-refractivity contribution in [1.82, 2.24) is 46.2 Å². The average molecular weight is 1310 g/mol. The Morgan fingerprint density at radius 3 is 1.90 bits per heavy atom. The minimum absolute atomic E-state index is 0.000555. The van der Waals surface area contributed by atoms with Crippen LogP contribution in [-0.2, 0) is 67.3 Å². The normalized spacial score (nSPS) is 20.9. The Labute approximate surface area is 537 Å². The standard InChI is InChI=1S/C59H91N19O13S/c1-2-3-13-35-19-20-43(51(85)73-40(56(90)91)17-8-23-69-59(65)66)78(35)55(89)46-26-33-11-4-5-12-34(33)30-76(46)53(87)42(32-79)74-49(83)41(28-37-14-10-25-92-37)71-47(81)29-70-50(84)45-27-36(80)31-77(45)54(88)44-18-9-24-75(44)52(86)39(16-7-22-68-58(63)64)72-48(82)38(60)15-6-21-67-57(61)62/h4-5,10-12,14,25,35-36,38-46,79-80H,2-3,6-9,13,15-24,26-32,60H2,1H3,(H,70,84)(H,71,81)(H,72,82)(H,73,85)(H,74,83)(H,90,91)(H4,61,62,67)(H4,63,64,68)(H4,65,66,69)/t35-,36+,38+,39?,40-,41-,42-,43?,44?,45?,46?/m0/s1. The first-order valence-electron chi connectivity index (χ1n) is 31.2. The lowest BCUT2D eigenvalue weighted by atomic mass is 9.92. The number of guanidine groups is 3. The van der Waals surface area contributed by atoms with Crippen LogP contribution in [0.5, 0.6) is 0 Å². The summed E-state index contributed by atoms with van der Waals surface area (Å²) in [6.07, 6.45) is 2.82. The second-order valence-corrected chi connectivity index (χ2v) is 24.5. The Balaban J connectivity index is 1.14. The minimum atomic E-state index is -1.67. The molecule has 22 N–H and O–H groups in total. The molecule has 0 spiro atoms. The number of unbranched alkanes of at least 4 members (excludes halogenated alkanes) is 1. The molecule has 2 aromatic rings. The molecule has 4 aliphatic heterocycles. The van der Waals surface area contributed by atoms with Crippen LogP contribution in [0.3, 0.4) is 0 Å². The predicted molar refractivity (Wildman–Crippen MR) is 340 cm³/mol. The van der Waals surface area contributed by atoms with Crippen LogP contribution in [0.15, 0.2) is 56.8 Å². The van der Waals surface area contributed by atoms with Gasteiger partial charge in [-0.1, -0.05) is 50.1 Å². The van der Waals surface area contributed by atoms with Gasteiger partial charge >= 0.3 is 5.97 Å². The van der Waals surface area contributed by atoms with Gasteiger partial charge in [0.25, 0.3) is 0 Å². The van der Waals surface area contributed by atoms with E-state index in [0.717, 1.165) is 16.9 Å². The zero-order valence-electron chi connectivity index (χ0n) is 51.9. The third kappa shape index (κ3) is 20.4. The smallest absolute Gasteiger partial charge is 0.326 e. The molecule has 506 valence electrons. The van der Waals surface area contributed by atoms with Crippen LogP contribution in [-0.4, -0.2) is 224 Å². The van der Waals surface area contributed by atoms with E-state index in [1.54, 1.807) is 35.7 Å². The molecule has 5 heterocycles. The summed E-state index contributed by atoms with van der Waals surface area (Å²) in [5.74, 6) is -8.33. The van der Waals surface area contributed by atoms with Gasteiger partial charge in [-0.05, 0) is 93.2 Å². The number of carboxylic acid groups (broad SMARTS) is 1. The van der Waals surface area contributed by atoms with Crippen LogP contribution in [0.2, 0.25) is 0 Å². The number of carbonyl (C=O) groups excluding carboxylic acids is 9. The first-order valence-corrected chi connectivity index (χ1v) is 32.0. The number of aliphatic imine (C=N–C) groups is 3. The fourth-order valence-corrected chi connectivity index (χ4v) is 12.8. The minimum Gasteiger partial charge on any atom is -0.480 e. The van der Waals surface area contributed by atoms with Gasteiger partial charge in [-0.25, -0.2) is 4.79 Å². The van der Waals surface area contributed by atoms with E-state index in [4.69, 9.17) is 40.1 Å². The van der Waals surface area contributed by atoms with Crippen LogP contribution >= 0.6 is 11.3 Å². The number of β-amino-alcohol motifs (C(OH)–C–C–N with tert-alkyl or cyclic N) is 1. The number of nitrogens with one attached hydrogen (secondary N) is 5. The molecular weight excluding hydrogens is 1210 g/mol. The summed E-state index contributed by atoms with van der Waals surface area (Å²) in [5, 5.41) is 46.6. The molecule has 33 heteroatoms. The highest BCUT2D eigenvalue weighted by Gasteiger charge is 2.49. The summed E-state index contributed by atoms with van der Waals surface area (Å²) >= 11 is 1.27. The Hall–Kier alpha value is -8.69. The molecule has 32 nitrogen and oxygen atoms in total. The Kier molecular flexibility index (Phi) is 27.7. The molecule has 0 radical (unpaired) electrons. The Morgan fingerprint density at radius 1 is 0.652 bits per heavy atom. The molecule has 11 atom stereocenters. The van der Waals surface area contributed by atoms with Crippen molar-refractivity contribution in [1.29, 1.82) is 0 Å². The van der Waals surface area contributed by atoms with Crippen molar-refractivity contribution in [2.24, 2.45) is 55.1 Å². The molecule has 9 amide bonds. The number of thiophene rings is 1. The molecule has 3 saturated heterocycles. The van der Waals surface area contributed by atoms with E-state index in [-0.39, 0.29) is 121 Å². The van der Waals surface area contributed by atoms with Crippen molar-refractivity contribution >= 4 is 88.3 Å². The monoisotopic (exact) mass is 1310 g/mol. The number of aliphatic carboxylic acids is 1. The highest BCUT2D eigenvalue weighted by atomic mass is 32.1. The molecule has 0 saturated carbocycles. The lowest BCUT2D eigenvalue weighted by molar-refractivity contribution is -0.153. The summed E-state index contributed by atoms with van der Waals surface area (Å²) in [6, 6.07) is -1.21. The van der Waals surface area contributed by atoms with Crippen molar-refractivity contribution in [2.45, 2.75) is 183 Å². The third-order valence-corrected chi connectivity index (χ3v) is 17.6. The van der Waals surface area contributed by atoms with E-state index >= 15 is 4.79 Å². The first kappa shape index (κ1) is 72.4. The van der Waals surface area contributed by atoms with Gasteiger partial charge in [0.1, 0.15) is 48.3 Å². The second kappa shape index (κ2) is 35.2. The van der Waals surface area contributed by atoms with Crippen molar-refractivity contribution < 1.29 is 63.3 Å². The van der Waals surface area contributed by atoms with Crippen molar-refractivity contribution in [2.75, 3.05) is 45.9 Å². The molecular formula is C59H91N19O13S. The summed E-state index contributed by atoms with van der Waals surface area (Å²) in [4.78, 5) is 159. The Bertz CT molecular complexity index is 3000. The maximum atomic E-state index is 15.3. The Morgan fingerprint density at radius 2 is 1.28 bits per heavy atom. The van der Waals surface area contributed by atoms with E-state index in [1.807, 2.05) is 13.0 Å². The van der Waals surface area contributed by atoms with Crippen molar-refractivity contribution in [3.05, 3.63) is 57.8 Å². The summed E-state index contributed by atoms with van der Waals surface area (Å²) < 4.78 is 0. The zero-order valence-corrected chi connectivity index (χ0v) is 52.7. The summed E-state index contributed by atoms with van der Waals surface area (Å²) in [5.41, 5.74) is 40.3. The number of rotatable bonds is 33. The number of aliphatic hydroxyl groups is 2. The van der Waals surface area contributed by atoms with Crippen molar-refractivity contribution in [3.8, 4) is 0 Å². The van der Waals surface area contributed by atoms with Crippen LogP contribution in [0, 0.1) is 0 Å². The largest absolute Gasteiger partial charge is 0.480 e. The number of nitrogens with two attached hydrogens (primary N) is 7. The topological polar surface area (TPSA) is 524 Å². The van der Waals surface area contributed by atoms with Gasteiger partial charge in [-0.15, -0.1) is 11.3 Å². The van der Waals surface area contributed by atoms with E-state index in [2.05, 4.69) is 41.6 Å². The maximum Gasteiger partial charge on any atom is 0.326 e. The molecule has 92 heavy (non-hydrogen) atoms. The van der Waals surface area contributed by atoms with E-state index in [1.165, 1.54) is 26.0 Å². The highest BCUT2D eigenvalue weighted by Crippen LogP contribution is 2.34. The number of benzene rings is 1. The molecule has 0 bridgehead atoms. The second-order valence-electron chi connectivity index (χ2n) is 23.5. The summed E-state index contributed by atoms with van der Waals surface area (Å²) in [7, 11) is 0. The van der Waals surface area contributed by atoms with Gasteiger partial charge in [0.15, 0.2) is 17.9 Å². The number of carboxylic acids is 1. The van der Waals surface area contributed by atoms with Gasteiger partial charge in [0.2, 0.25) is 53.2 Å². The highest BCUT2D eigenvalue weighted by molar-refractivity contribution is 7.09. The van der Waals surface area contributed by atoms with Crippen molar-refractivity contribution in [3.63, 3.8) is 0 Å². The van der Waals surface area contributed by atoms with Gasteiger partial charge in [-0.3, -0.25) is 58.1 Å². The van der Waals surface area contributed by atoms with Crippen LogP contribution in [0.1, 0.15) is 113 Å². The number of amides is 9. The number of carbonyl (C=O) groups is 10. The number of aliphatic hydroxyl groups excluding tert-OH is 2. The van der Waals surface area contributed by atoms with E-state index < -0.39 is 139 Å². The number of fused-ring (bicyclic) bond motifs is 1. The zero-order chi connectivity index (χ0) is 67.2. The van der Waals surface area contributed by atoms with Crippen LogP contribution in [0.4, 0.5) is 0 Å². The number of nitrogens with zero attached hydrogens (tertiary/aromatic N) is 7. The lowest BCUT2D eigenvalue weighted by Gasteiger charge is -2.41. The molecule has 0 aliphatic carbocycles. The van der Waals surface area contributed by atoms with Gasteiger partial charge in [0, 0.05) is 69.4 Å². The molecule has 6 rings (SSSR count). The SMILES string of the molecule is CCCC[C@H]1CCC(C(=O)N[C@@H](CCCN=C(N)N)C(=O)O)N1C(=O)C1Cc2ccccc2CN1C(=O)[C@H](CO)NC(=O)[C@H](Cc1cccs1)NC(=O)CNC(=O)C1C[C@@H](O)CN1C(=O)C1CCCN1C(=O)C(CCCN=C(N)N)NC(=O)[C@H](N)CCCN=C(N)N. The van der Waals surface area contributed by atoms with Crippen LogP contribution in [0.25, 0.3) is 0 Å². The van der Waals surface area contributed by atoms with Crippen LogP contribution < -0.4 is 66.7 Å². The number of hydrogen-bond acceptors (Lipinski definition) is 17. The number of hydrogen-bond donors (Lipinski definition) is 15. The molecule has 5 unspecified atom stereocenters. The fourth-order valence-electron chi connectivity index (χ4n) is 12.1. The van der Waals surface area contributed by atoms with Gasteiger partial charge in [-0.2, -0.15) is 0 Å².